The van der Waals surface area contributed by atoms with Gasteiger partial charge in [-0.05, 0) is 48.7 Å². The minimum absolute atomic E-state index is 0.154. The summed E-state index contributed by atoms with van der Waals surface area (Å²) in [4.78, 5) is 40.3. The van der Waals surface area contributed by atoms with Crippen molar-refractivity contribution in [3.63, 3.8) is 0 Å². The van der Waals surface area contributed by atoms with Crippen LogP contribution in [0.1, 0.15) is 30.0 Å². The molecule has 1 N–H and O–H groups in total. The van der Waals surface area contributed by atoms with Crippen molar-refractivity contribution in [2.75, 3.05) is 26.1 Å². The van der Waals surface area contributed by atoms with Crippen molar-refractivity contribution in [2.24, 2.45) is 0 Å². The van der Waals surface area contributed by atoms with E-state index in [4.69, 9.17) is 4.74 Å². The van der Waals surface area contributed by atoms with Gasteiger partial charge in [0.05, 0.1) is 0 Å². The van der Waals surface area contributed by atoms with Gasteiger partial charge in [0, 0.05) is 38.3 Å². The third-order valence-electron chi connectivity index (χ3n) is 6.53. The molecule has 8 nitrogen and oxygen atoms in total. The molecule has 0 bridgehead atoms. The fourth-order valence-corrected chi connectivity index (χ4v) is 4.61. The van der Waals surface area contributed by atoms with E-state index in [0.717, 1.165) is 30.3 Å². The Morgan fingerprint density at radius 1 is 1.16 bits per heavy atom. The van der Waals surface area contributed by atoms with Crippen LogP contribution < -0.4 is 5.43 Å². The fraction of sp³-hybridized carbons (Fsp3) is 0.400. The zero-order valence-electron chi connectivity index (χ0n) is 20.4. The molecule has 0 aromatic heterocycles. The van der Waals surface area contributed by atoms with Crippen LogP contribution in [0.25, 0.3) is 0 Å². The molecule has 1 aliphatic carbocycles. The lowest BCUT2D eigenvalue weighted by Gasteiger charge is -2.31. The van der Waals surface area contributed by atoms with E-state index < -0.39 is 54.6 Å². The van der Waals surface area contributed by atoms with Crippen LogP contribution in [0.4, 0.5) is 28.0 Å². The number of hydrazine groups is 1. The molecule has 198 valence electrons. The topological polar surface area (TPSA) is 82.2 Å². The zero-order valence-corrected chi connectivity index (χ0v) is 20.4. The number of nitrogens with one attached hydrogen (secondary N) is 1. The Morgan fingerprint density at radius 2 is 1.84 bits per heavy atom. The second kappa shape index (κ2) is 9.66. The minimum Gasteiger partial charge on any atom is -0.427 e. The minimum atomic E-state index is -4.77. The highest BCUT2D eigenvalue weighted by molar-refractivity contribution is 6.06. The van der Waals surface area contributed by atoms with Gasteiger partial charge >= 0.3 is 12.3 Å². The van der Waals surface area contributed by atoms with Gasteiger partial charge < -0.3 is 15.1 Å². The normalized spacial score (nSPS) is 19.8. The van der Waals surface area contributed by atoms with Gasteiger partial charge in [-0.3, -0.25) is 9.59 Å². The van der Waals surface area contributed by atoms with Crippen LogP contribution in [0.5, 0.6) is 0 Å². The fourth-order valence-electron chi connectivity index (χ4n) is 4.61. The maximum atomic E-state index is 13.6. The molecule has 0 radical (unpaired) electrons. The number of fused-ring (bicyclic) bond motifs is 2. The van der Waals surface area contributed by atoms with Crippen molar-refractivity contribution in [2.45, 2.75) is 44.1 Å². The third kappa shape index (κ3) is 5.10. The number of ether oxygens (including phenoxy) is 1. The van der Waals surface area contributed by atoms with Gasteiger partial charge in [0.15, 0.2) is 0 Å². The molecule has 12 heteroatoms. The molecule has 2 aromatic carbocycles. The van der Waals surface area contributed by atoms with E-state index in [9.17, 15) is 31.9 Å². The zero-order chi connectivity index (χ0) is 27.1. The van der Waals surface area contributed by atoms with E-state index in [0.29, 0.717) is 21.8 Å². The van der Waals surface area contributed by atoms with Gasteiger partial charge in [-0.25, -0.2) is 19.1 Å². The molecule has 4 rings (SSSR count). The SMILES string of the molecule is C[C@H](N(Cc1ccc(F)cc1)C(=O)CN1C(=O)O[C@@]2(CCc3cc(NN(C)C)ccc32)C1=O)C(F)(F)F. The van der Waals surface area contributed by atoms with Crippen molar-refractivity contribution in [3.8, 4) is 0 Å². The molecule has 0 saturated carbocycles. The Labute approximate surface area is 210 Å². The molecule has 1 heterocycles. The van der Waals surface area contributed by atoms with E-state index >= 15 is 0 Å². The van der Waals surface area contributed by atoms with Gasteiger partial charge in [-0.15, -0.1) is 0 Å². The predicted octanol–water partition coefficient (Wildman–Crippen LogP) is 3.81. The van der Waals surface area contributed by atoms with Crippen molar-refractivity contribution < 1.29 is 36.7 Å². The molecule has 1 saturated heterocycles. The Hall–Kier alpha value is -3.67. The van der Waals surface area contributed by atoms with E-state index in [1.165, 1.54) is 12.1 Å². The first-order valence-corrected chi connectivity index (χ1v) is 11.5. The van der Waals surface area contributed by atoms with Crippen molar-refractivity contribution in [3.05, 3.63) is 65.0 Å². The number of carbonyl (C=O) groups excluding carboxylic acids is 3. The van der Waals surface area contributed by atoms with Crippen LogP contribution in [0.3, 0.4) is 0 Å². The summed E-state index contributed by atoms with van der Waals surface area (Å²) in [5.41, 5.74) is 3.76. The summed E-state index contributed by atoms with van der Waals surface area (Å²) < 4.78 is 59.5. The standard InChI is InChI=1S/C25H26F4N4O4/c1-15(25(27,28)29)32(13-16-4-6-18(26)7-5-16)21(34)14-33-22(35)24(37-23(33)36)11-10-17-12-19(30-31(2)3)8-9-20(17)24/h4-9,12,15,30H,10-11,13-14H2,1-3H3/t15-,24+/m0/s1. The Balaban J connectivity index is 1.57. The van der Waals surface area contributed by atoms with Gasteiger partial charge in [0.2, 0.25) is 11.5 Å². The number of hydrogen-bond donors (Lipinski definition) is 1. The first-order valence-electron chi connectivity index (χ1n) is 11.5. The molecular weight excluding hydrogens is 496 g/mol. The second-order valence-electron chi connectivity index (χ2n) is 9.33. The number of benzene rings is 2. The van der Waals surface area contributed by atoms with Crippen LogP contribution >= 0.6 is 0 Å². The lowest BCUT2D eigenvalue weighted by molar-refractivity contribution is -0.187. The van der Waals surface area contributed by atoms with Crippen LogP contribution in [-0.4, -0.2) is 65.6 Å². The Morgan fingerprint density at radius 3 is 2.46 bits per heavy atom. The van der Waals surface area contributed by atoms with Gasteiger partial charge in [0.1, 0.15) is 18.4 Å². The molecule has 37 heavy (non-hydrogen) atoms. The van der Waals surface area contributed by atoms with Crippen LogP contribution in [0, 0.1) is 5.82 Å². The summed E-state index contributed by atoms with van der Waals surface area (Å²) >= 11 is 0. The van der Waals surface area contributed by atoms with E-state index in [2.05, 4.69) is 5.43 Å². The number of carbonyl (C=O) groups is 3. The van der Waals surface area contributed by atoms with Crippen molar-refractivity contribution in [1.29, 1.82) is 0 Å². The largest absolute Gasteiger partial charge is 0.427 e. The number of hydrogen-bond acceptors (Lipinski definition) is 6. The van der Waals surface area contributed by atoms with E-state index in [1.807, 2.05) is 20.2 Å². The summed E-state index contributed by atoms with van der Waals surface area (Å²) in [6.07, 6.45) is -5.28. The summed E-state index contributed by atoms with van der Waals surface area (Å²) in [5, 5.41) is 1.74. The first kappa shape index (κ1) is 26.4. The second-order valence-corrected chi connectivity index (χ2v) is 9.33. The highest BCUT2D eigenvalue weighted by Crippen LogP contribution is 2.46. The number of anilines is 1. The molecule has 3 amide bonds. The quantitative estimate of drug-likeness (QED) is 0.440. The van der Waals surface area contributed by atoms with Gasteiger partial charge in [0.25, 0.3) is 5.91 Å². The smallest absolute Gasteiger partial charge is 0.418 e. The highest BCUT2D eigenvalue weighted by atomic mass is 19.4. The van der Waals surface area contributed by atoms with Crippen LogP contribution in [0.2, 0.25) is 0 Å². The monoisotopic (exact) mass is 522 g/mol. The van der Waals surface area contributed by atoms with Crippen LogP contribution in [-0.2, 0) is 32.9 Å². The van der Waals surface area contributed by atoms with E-state index in [1.54, 1.807) is 17.1 Å². The molecule has 0 unspecified atom stereocenters. The van der Waals surface area contributed by atoms with E-state index in [-0.39, 0.29) is 12.0 Å². The highest BCUT2D eigenvalue weighted by Gasteiger charge is 2.58. The summed E-state index contributed by atoms with van der Waals surface area (Å²) in [5.74, 6) is -2.47. The molecule has 1 fully saturated rings. The third-order valence-corrected chi connectivity index (χ3v) is 6.53. The average Bonchev–Trinajstić information content (AvgIpc) is 3.29. The summed E-state index contributed by atoms with van der Waals surface area (Å²) in [6.45, 7) is -0.608. The number of rotatable bonds is 7. The molecule has 1 aliphatic heterocycles. The number of amides is 3. The molecule has 2 aliphatic rings. The maximum Gasteiger partial charge on any atom is 0.418 e. The predicted molar refractivity (Wildman–Crippen MR) is 124 cm³/mol. The number of alkyl halides is 3. The number of nitrogens with zero attached hydrogens (tertiary/aromatic N) is 3. The van der Waals surface area contributed by atoms with Gasteiger partial charge in [-0.1, -0.05) is 18.2 Å². The van der Waals surface area contributed by atoms with Crippen molar-refractivity contribution >= 4 is 23.6 Å². The Kier molecular flexibility index (Phi) is 6.89. The number of aryl methyl sites for hydroxylation is 1. The van der Waals surface area contributed by atoms with Crippen molar-refractivity contribution in [1.82, 2.24) is 14.8 Å². The maximum absolute atomic E-state index is 13.6. The molecule has 2 atom stereocenters. The first-order chi connectivity index (χ1) is 17.3. The lowest BCUT2D eigenvalue weighted by Crippen LogP contribution is -2.51. The molecular formula is C25H26F4N4O4. The number of halogens is 4. The summed E-state index contributed by atoms with van der Waals surface area (Å²) in [7, 11) is 3.62. The Bertz CT molecular complexity index is 1220. The summed E-state index contributed by atoms with van der Waals surface area (Å²) in [6, 6.07) is 7.65. The molecule has 2 aromatic rings. The molecule has 1 spiro atoms. The average molecular weight is 522 g/mol. The van der Waals surface area contributed by atoms with Crippen LogP contribution in [0.15, 0.2) is 42.5 Å². The van der Waals surface area contributed by atoms with Gasteiger partial charge in [-0.2, -0.15) is 13.2 Å². The lowest BCUT2D eigenvalue weighted by atomic mass is 9.94. The number of imide groups is 1.